The third kappa shape index (κ3) is 3.27. The van der Waals surface area contributed by atoms with Crippen molar-refractivity contribution in [2.24, 2.45) is 0 Å². The van der Waals surface area contributed by atoms with E-state index in [0.29, 0.717) is 0 Å². The summed E-state index contributed by atoms with van der Waals surface area (Å²) in [5.74, 6) is -0.0484. The van der Waals surface area contributed by atoms with Gasteiger partial charge in [0.1, 0.15) is 0 Å². The third-order valence-electron chi connectivity index (χ3n) is 3.79. The molecule has 0 spiro atoms. The minimum absolute atomic E-state index is 0.0484. The van der Waals surface area contributed by atoms with Crippen molar-refractivity contribution < 1.29 is 4.79 Å². The van der Waals surface area contributed by atoms with Gasteiger partial charge in [-0.05, 0) is 89.5 Å². The summed E-state index contributed by atoms with van der Waals surface area (Å²) in [6, 6.07) is 12.0. The van der Waals surface area contributed by atoms with Crippen LogP contribution in [-0.4, -0.2) is 12.5 Å². The van der Waals surface area contributed by atoms with Crippen molar-refractivity contribution in [2.45, 2.75) is 19.9 Å². The Balaban J connectivity index is 1.82. The first-order valence-corrected chi connectivity index (χ1v) is 8.11. The normalized spacial score (nSPS) is 13.6. The van der Waals surface area contributed by atoms with Gasteiger partial charge in [0.25, 0.3) is 5.91 Å². The first-order chi connectivity index (χ1) is 10.1. The lowest BCUT2D eigenvalue weighted by Gasteiger charge is -2.18. The van der Waals surface area contributed by atoms with Crippen LogP contribution in [0.3, 0.4) is 0 Å². The predicted molar refractivity (Wildman–Crippen MR) is 93.7 cm³/mol. The largest absolute Gasteiger partial charge is 0.322 e. The zero-order chi connectivity index (χ0) is 14.8. The van der Waals surface area contributed by atoms with Crippen molar-refractivity contribution in [2.75, 3.05) is 11.9 Å². The smallest absolute Gasteiger partial charge is 0.255 e. The van der Waals surface area contributed by atoms with Crippen molar-refractivity contribution in [3.8, 4) is 0 Å². The molecule has 0 aliphatic carbocycles. The Bertz CT molecular complexity index is 697. The molecule has 108 valence electrons. The van der Waals surface area contributed by atoms with E-state index >= 15 is 0 Å². The first-order valence-electron chi connectivity index (χ1n) is 7.03. The van der Waals surface area contributed by atoms with Gasteiger partial charge in [-0.3, -0.25) is 4.79 Å². The van der Waals surface area contributed by atoms with Gasteiger partial charge in [0, 0.05) is 21.4 Å². The van der Waals surface area contributed by atoms with Crippen molar-refractivity contribution >= 4 is 34.2 Å². The van der Waals surface area contributed by atoms with Crippen LogP contribution in [-0.2, 0) is 13.0 Å². The number of hydrogen-bond donors (Lipinski definition) is 2. The Labute approximate surface area is 138 Å². The van der Waals surface area contributed by atoms with Gasteiger partial charge in [0.15, 0.2) is 0 Å². The van der Waals surface area contributed by atoms with Gasteiger partial charge in [-0.25, -0.2) is 0 Å². The minimum Gasteiger partial charge on any atom is -0.322 e. The lowest BCUT2D eigenvalue weighted by atomic mass is 9.98. The van der Waals surface area contributed by atoms with Gasteiger partial charge in [0.05, 0.1) is 0 Å². The van der Waals surface area contributed by atoms with Gasteiger partial charge < -0.3 is 10.6 Å². The molecule has 3 nitrogen and oxygen atoms in total. The Morgan fingerprint density at radius 1 is 1.19 bits per heavy atom. The van der Waals surface area contributed by atoms with E-state index in [2.05, 4.69) is 45.4 Å². The molecule has 4 heteroatoms. The number of carbonyl (C=O) groups is 1. The fourth-order valence-electron chi connectivity index (χ4n) is 2.58. The van der Waals surface area contributed by atoms with Crippen LogP contribution in [0.5, 0.6) is 0 Å². The molecule has 2 N–H and O–H groups in total. The number of carbonyl (C=O) groups excluding carboxylic acids is 1. The lowest BCUT2D eigenvalue weighted by Crippen LogP contribution is -2.24. The zero-order valence-electron chi connectivity index (χ0n) is 11.9. The number of rotatable bonds is 2. The maximum atomic E-state index is 12.4. The summed E-state index contributed by atoms with van der Waals surface area (Å²) < 4.78 is 1.17. The monoisotopic (exact) mass is 392 g/mol. The highest BCUT2D eigenvalue weighted by Crippen LogP contribution is 2.20. The molecule has 1 aliphatic heterocycles. The fraction of sp³-hybridized carbons (Fsp3) is 0.235. The van der Waals surface area contributed by atoms with Crippen molar-refractivity contribution in [1.29, 1.82) is 0 Å². The highest BCUT2D eigenvalue weighted by molar-refractivity contribution is 14.1. The maximum Gasteiger partial charge on any atom is 0.255 e. The molecule has 0 atom stereocenters. The predicted octanol–water partition coefficient (Wildman–Crippen LogP) is 3.50. The Morgan fingerprint density at radius 2 is 2.05 bits per heavy atom. The molecule has 1 amide bonds. The van der Waals surface area contributed by atoms with E-state index in [1.165, 1.54) is 14.7 Å². The Morgan fingerprint density at radius 3 is 2.86 bits per heavy atom. The van der Waals surface area contributed by atoms with E-state index in [-0.39, 0.29) is 5.91 Å². The molecule has 0 bridgehead atoms. The van der Waals surface area contributed by atoms with Crippen LogP contribution in [0.1, 0.15) is 27.0 Å². The molecular weight excluding hydrogens is 375 g/mol. The fourth-order valence-corrected chi connectivity index (χ4v) is 3.23. The van der Waals surface area contributed by atoms with Crippen LogP contribution in [0.4, 0.5) is 5.69 Å². The van der Waals surface area contributed by atoms with Gasteiger partial charge >= 0.3 is 0 Å². The van der Waals surface area contributed by atoms with Gasteiger partial charge in [-0.2, -0.15) is 0 Å². The molecular formula is C17H17IN2O. The first kappa shape index (κ1) is 14.5. The number of halogens is 1. The topological polar surface area (TPSA) is 41.1 Å². The molecule has 1 aliphatic rings. The number of nitrogens with one attached hydrogen (secondary N) is 2. The van der Waals surface area contributed by atoms with E-state index in [9.17, 15) is 4.79 Å². The van der Waals surface area contributed by atoms with E-state index in [1.54, 1.807) is 0 Å². The summed E-state index contributed by atoms with van der Waals surface area (Å²) in [4.78, 5) is 12.4. The molecule has 0 radical (unpaired) electrons. The van der Waals surface area contributed by atoms with Gasteiger partial charge in [-0.15, -0.1) is 0 Å². The summed E-state index contributed by atoms with van der Waals surface area (Å²) in [7, 11) is 0. The van der Waals surface area contributed by atoms with Crippen molar-refractivity contribution in [1.82, 2.24) is 5.32 Å². The number of fused-ring (bicyclic) bond motifs is 1. The molecule has 3 rings (SSSR count). The summed E-state index contributed by atoms with van der Waals surface area (Å²) in [6.07, 6.45) is 1.04. The molecule has 2 aromatic rings. The van der Waals surface area contributed by atoms with Crippen molar-refractivity contribution in [3.63, 3.8) is 0 Å². The average Bonchev–Trinajstić information content (AvgIpc) is 2.49. The van der Waals surface area contributed by atoms with Crippen LogP contribution < -0.4 is 10.6 Å². The summed E-state index contributed by atoms with van der Waals surface area (Å²) in [6.45, 7) is 3.87. The lowest BCUT2D eigenvalue weighted by molar-refractivity contribution is 0.102. The zero-order valence-corrected chi connectivity index (χ0v) is 14.0. The van der Waals surface area contributed by atoms with E-state index in [4.69, 9.17) is 0 Å². The molecule has 0 saturated heterocycles. The molecule has 0 aromatic heterocycles. The molecule has 0 unspecified atom stereocenters. The third-order valence-corrected chi connectivity index (χ3v) is 4.46. The minimum atomic E-state index is -0.0484. The highest BCUT2D eigenvalue weighted by Gasteiger charge is 2.13. The second-order valence-corrected chi connectivity index (χ2v) is 6.57. The Hall–Kier alpha value is -1.40. The van der Waals surface area contributed by atoms with Crippen molar-refractivity contribution in [3.05, 3.63) is 62.2 Å². The van der Waals surface area contributed by atoms with Gasteiger partial charge in [-0.1, -0.05) is 6.07 Å². The van der Waals surface area contributed by atoms with Crippen LogP contribution in [0, 0.1) is 10.5 Å². The summed E-state index contributed by atoms with van der Waals surface area (Å²) >= 11 is 2.27. The average molecular weight is 392 g/mol. The van der Waals surface area contributed by atoms with E-state index in [0.717, 1.165) is 36.3 Å². The maximum absolute atomic E-state index is 12.4. The summed E-state index contributed by atoms with van der Waals surface area (Å²) in [5, 5.41) is 6.34. The number of hydrogen-bond acceptors (Lipinski definition) is 2. The highest BCUT2D eigenvalue weighted by atomic mass is 127. The number of amides is 1. The second kappa shape index (κ2) is 6.15. The number of anilines is 1. The Kier molecular flexibility index (Phi) is 4.26. The van der Waals surface area contributed by atoms with Crippen LogP contribution >= 0.6 is 22.6 Å². The second-order valence-electron chi connectivity index (χ2n) is 5.32. The molecule has 0 saturated carbocycles. The number of benzene rings is 2. The molecule has 21 heavy (non-hydrogen) atoms. The van der Waals surface area contributed by atoms with Crippen LogP contribution in [0.2, 0.25) is 0 Å². The van der Waals surface area contributed by atoms with E-state index in [1.807, 2.05) is 31.2 Å². The van der Waals surface area contributed by atoms with Gasteiger partial charge in [0.2, 0.25) is 0 Å². The van der Waals surface area contributed by atoms with Crippen LogP contribution in [0.15, 0.2) is 36.4 Å². The van der Waals surface area contributed by atoms with E-state index < -0.39 is 0 Å². The molecule has 0 fully saturated rings. The standard InChI is InChI=1S/C17H17IN2O/c1-11-8-15(18)4-5-16(11)20-17(21)13-3-2-12-6-7-19-10-14(12)9-13/h2-5,8-9,19H,6-7,10H2,1H3,(H,20,21). The number of aryl methyl sites for hydroxylation is 1. The molecule has 2 aromatic carbocycles. The summed E-state index contributed by atoms with van der Waals surface area (Å²) in [5.41, 5.74) is 5.24. The van der Waals surface area contributed by atoms with Crippen LogP contribution in [0.25, 0.3) is 0 Å². The quantitative estimate of drug-likeness (QED) is 0.769. The SMILES string of the molecule is Cc1cc(I)ccc1NC(=O)c1ccc2c(c1)CNCC2. The molecule has 1 heterocycles.